The second-order valence-corrected chi connectivity index (χ2v) is 6.76. The molecule has 1 amide bonds. The molecule has 0 aliphatic heterocycles. The summed E-state index contributed by atoms with van der Waals surface area (Å²) >= 11 is 5.96. The Bertz CT molecular complexity index is 980. The van der Waals surface area contributed by atoms with Crippen LogP contribution in [0.4, 0.5) is 0 Å². The molecule has 0 bridgehead atoms. The van der Waals surface area contributed by atoms with Crippen molar-refractivity contribution in [2.24, 2.45) is 0 Å². The van der Waals surface area contributed by atoms with Gasteiger partial charge in [-0.15, -0.1) is 0 Å². The van der Waals surface area contributed by atoms with Gasteiger partial charge in [0.15, 0.2) is 5.78 Å². The Morgan fingerprint density at radius 1 is 1.12 bits per heavy atom. The van der Waals surface area contributed by atoms with Gasteiger partial charge in [0.1, 0.15) is 5.82 Å². The second kappa shape index (κ2) is 7.30. The zero-order valence-electron chi connectivity index (χ0n) is 14.9. The fourth-order valence-corrected chi connectivity index (χ4v) is 3.12. The van der Waals surface area contributed by atoms with Gasteiger partial charge in [-0.05, 0) is 51.1 Å². The third-order valence-corrected chi connectivity index (χ3v) is 4.66. The van der Waals surface area contributed by atoms with E-state index < -0.39 is 0 Å². The SMILES string of the molecule is CC(=O)C(C)n1c(C(C)NC(=O)c2cccc(Cl)c2)nc2ccccc21. The van der Waals surface area contributed by atoms with Gasteiger partial charge in [0.25, 0.3) is 5.91 Å². The van der Waals surface area contributed by atoms with Crippen LogP contribution < -0.4 is 5.32 Å². The Morgan fingerprint density at radius 3 is 2.54 bits per heavy atom. The van der Waals surface area contributed by atoms with Crippen LogP contribution in [-0.2, 0) is 4.79 Å². The molecule has 0 saturated heterocycles. The first-order valence-electron chi connectivity index (χ1n) is 8.42. The van der Waals surface area contributed by atoms with E-state index in [1.165, 1.54) is 0 Å². The van der Waals surface area contributed by atoms with Crippen molar-refractivity contribution in [1.29, 1.82) is 0 Å². The molecule has 0 saturated carbocycles. The molecule has 1 aromatic heterocycles. The summed E-state index contributed by atoms with van der Waals surface area (Å²) in [6, 6.07) is 13.7. The van der Waals surface area contributed by atoms with Gasteiger partial charge in [-0.1, -0.05) is 29.8 Å². The maximum absolute atomic E-state index is 12.5. The molecule has 0 spiro atoms. The normalized spacial score (nSPS) is 13.4. The highest BCUT2D eigenvalue weighted by Gasteiger charge is 2.23. The van der Waals surface area contributed by atoms with Crippen LogP contribution in [0.1, 0.15) is 49.0 Å². The minimum atomic E-state index is -0.379. The predicted octanol–water partition coefficient (Wildman–Crippen LogP) is 4.33. The molecule has 134 valence electrons. The van der Waals surface area contributed by atoms with Crippen molar-refractivity contribution in [2.75, 3.05) is 0 Å². The Labute approximate surface area is 157 Å². The van der Waals surface area contributed by atoms with Crippen LogP contribution in [-0.4, -0.2) is 21.2 Å². The molecule has 0 fully saturated rings. The van der Waals surface area contributed by atoms with Crippen LogP contribution in [0, 0.1) is 0 Å². The molecular formula is C20H20ClN3O2. The number of aromatic nitrogens is 2. The third-order valence-electron chi connectivity index (χ3n) is 4.42. The molecular weight excluding hydrogens is 350 g/mol. The topological polar surface area (TPSA) is 64.0 Å². The first kappa shape index (κ1) is 18.1. The Balaban J connectivity index is 1.97. The minimum absolute atomic E-state index is 0.0303. The number of para-hydroxylation sites is 2. The molecule has 0 aliphatic carbocycles. The number of hydrogen-bond acceptors (Lipinski definition) is 3. The van der Waals surface area contributed by atoms with Crippen molar-refractivity contribution in [2.45, 2.75) is 32.9 Å². The van der Waals surface area contributed by atoms with E-state index in [9.17, 15) is 9.59 Å². The lowest BCUT2D eigenvalue weighted by Gasteiger charge is -2.19. The van der Waals surface area contributed by atoms with E-state index in [1.54, 1.807) is 31.2 Å². The van der Waals surface area contributed by atoms with Crippen LogP contribution in [0.2, 0.25) is 5.02 Å². The summed E-state index contributed by atoms with van der Waals surface area (Å²) in [6.07, 6.45) is 0. The van der Waals surface area contributed by atoms with E-state index in [-0.39, 0.29) is 23.8 Å². The summed E-state index contributed by atoms with van der Waals surface area (Å²) in [5.41, 5.74) is 2.14. The minimum Gasteiger partial charge on any atom is -0.342 e. The molecule has 3 rings (SSSR count). The summed E-state index contributed by atoms with van der Waals surface area (Å²) in [7, 11) is 0. The number of imidazole rings is 1. The number of carbonyl (C=O) groups excluding carboxylic acids is 2. The van der Waals surface area contributed by atoms with Crippen LogP contribution >= 0.6 is 11.6 Å². The van der Waals surface area contributed by atoms with E-state index in [4.69, 9.17) is 11.6 Å². The zero-order chi connectivity index (χ0) is 18.8. The predicted molar refractivity (Wildman–Crippen MR) is 102 cm³/mol. The average molecular weight is 370 g/mol. The summed E-state index contributed by atoms with van der Waals surface area (Å²) in [5.74, 6) is 0.432. The monoisotopic (exact) mass is 369 g/mol. The Morgan fingerprint density at radius 2 is 1.85 bits per heavy atom. The second-order valence-electron chi connectivity index (χ2n) is 6.32. The van der Waals surface area contributed by atoms with E-state index in [0.717, 1.165) is 11.0 Å². The van der Waals surface area contributed by atoms with Gasteiger partial charge in [-0.3, -0.25) is 9.59 Å². The van der Waals surface area contributed by atoms with Crippen molar-refractivity contribution < 1.29 is 9.59 Å². The summed E-state index contributed by atoms with van der Waals surface area (Å²) in [5, 5.41) is 3.45. The molecule has 0 radical (unpaired) electrons. The molecule has 6 heteroatoms. The van der Waals surface area contributed by atoms with E-state index in [0.29, 0.717) is 16.4 Å². The molecule has 2 aromatic carbocycles. The highest BCUT2D eigenvalue weighted by atomic mass is 35.5. The van der Waals surface area contributed by atoms with Crippen molar-refractivity contribution in [1.82, 2.24) is 14.9 Å². The van der Waals surface area contributed by atoms with Gasteiger partial charge in [0.2, 0.25) is 0 Å². The zero-order valence-corrected chi connectivity index (χ0v) is 15.6. The number of amides is 1. The highest BCUT2D eigenvalue weighted by Crippen LogP contribution is 2.26. The molecule has 2 atom stereocenters. The van der Waals surface area contributed by atoms with Gasteiger partial charge >= 0.3 is 0 Å². The third kappa shape index (κ3) is 3.48. The number of fused-ring (bicyclic) bond motifs is 1. The number of hydrogen-bond donors (Lipinski definition) is 1. The fraction of sp³-hybridized carbons (Fsp3) is 0.250. The molecule has 1 heterocycles. The number of nitrogens with zero attached hydrogens (tertiary/aromatic N) is 2. The molecule has 0 aliphatic rings. The standard InChI is InChI=1S/C20H20ClN3O2/c1-12(22-20(26)15-7-6-8-16(21)11-15)19-23-17-9-4-5-10-18(17)24(19)13(2)14(3)25/h4-13H,1-3H3,(H,22,26). The lowest BCUT2D eigenvalue weighted by Crippen LogP contribution is -2.30. The van der Waals surface area contributed by atoms with Crippen molar-refractivity contribution >= 4 is 34.3 Å². The fourth-order valence-electron chi connectivity index (χ4n) is 2.93. The van der Waals surface area contributed by atoms with Gasteiger partial charge in [0.05, 0.1) is 23.1 Å². The maximum atomic E-state index is 12.5. The lowest BCUT2D eigenvalue weighted by molar-refractivity contribution is -0.119. The number of rotatable bonds is 5. The van der Waals surface area contributed by atoms with Gasteiger partial charge in [-0.2, -0.15) is 0 Å². The lowest BCUT2D eigenvalue weighted by atomic mass is 10.1. The smallest absolute Gasteiger partial charge is 0.251 e. The quantitative estimate of drug-likeness (QED) is 0.728. The maximum Gasteiger partial charge on any atom is 0.251 e. The molecule has 5 nitrogen and oxygen atoms in total. The van der Waals surface area contributed by atoms with Gasteiger partial charge in [0, 0.05) is 10.6 Å². The van der Waals surface area contributed by atoms with Crippen molar-refractivity contribution in [3.63, 3.8) is 0 Å². The average Bonchev–Trinajstić information content (AvgIpc) is 3.00. The van der Waals surface area contributed by atoms with Crippen LogP contribution in [0.5, 0.6) is 0 Å². The number of nitrogens with one attached hydrogen (secondary N) is 1. The molecule has 26 heavy (non-hydrogen) atoms. The summed E-state index contributed by atoms with van der Waals surface area (Å²) < 4.78 is 1.89. The Kier molecular flexibility index (Phi) is 5.09. The molecule has 2 unspecified atom stereocenters. The van der Waals surface area contributed by atoms with Crippen molar-refractivity contribution in [3.05, 3.63) is 64.9 Å². The molecule has 1 N–H and O–H groups in total. The van der Waals surface area contributed by atoms with Crippen LogP contribution in [0.3, 0.4) is 0 Å². The van der Waals surface area contributed by atoms with E-state index in [1.807, 2.05) is 42.7 Å². The first-order chi connectivity index (χ1) is 12.4. The number of ketones is 1. The summed E-state index contributed by atoms with van der Waals surface area (Å²) in [6.45, 7) is 5.25. The van der Waals surface area contributed by atoms with Crippen LogP contribution in [0.15, 0.2) is 48.5 Å². The molecule has 3 aromatic rings. The number of benzene rings is 2. The van der Waals surface area contributed by atoms with Gasteiger partial charge in [-0.25, -0.2) is 4.98 Å². The largest absolute Gasteiger partial charge is 0.342 e. The highest BCUT2D eigenvalue weighted by molar-refractivity contribution is 6.30. The van der Waals surface area contributed by atoms with Crippen molar-refractivity contribution in [3.8, 4) is 0 Å². The number of Topliss-reactive ketones (excluding diaryl/α,β-unsaturated/α-hetero) is 1. The van der Waals surface area contributed by atoms with Crippen LogP contribution in [0.25, 0.3) is 11.0 Å². The van der Waals surface area contributed by atoms with E-state index >= 15 is 0 Å². The Hall–Kier alpha value is -2.66. The number of carbonyl (C=O) groups is 2. The number of halogens is 1. The summed E-state index contributed by atoms with van der Waals surface area (Å²) in [4.78, 5) is 29.2. The van der Waals surface area contributed by atoms with E-state index in [2.05, 4.69) is 10.3 Å². The first-order valence-corrected chi connectivity index (χ1v) is 8.80. The van der Waals surface area contributed by atoms with Gasteiger partial charge < -0.3 is 9.88 Å².